The van der Waals surface area contributed by atoms with Gasteiger partial charge in [0.1, 0.15) is 17.7 Å². The Morgan fingerprint density at radius 1 is 1.39 bits per heavy atom. The molecule has 0 aromatic heterocycles. The highest BCUT2D eigenvalue weighted by atomic mass is 19.1. The highest BCUT2D eigenvalue weighted by Gasteiger charge is 2.31. The maximum atomic E-state index is 13.1. The van der Waals surface area contributed by atoms with Crippen LogP contribution in [0.15, 0.2) is 18.2 Å². The van der Waals surface area contributed by atoms with E-state index < -0.39 is 0 Å². The van der Waals surface area contributed by atoms with Gasteiger partial charge in [0.2, 0.25) is 0 Å². The normalized spacial score (nSPS) is 30.9. The molecule has 1 aromatic rings. The lowest BCUT2D eigenvalue weighted by Crippen LogP contribution is -2.35. The van der Waals surface area contributed by atoms with E-state index in [0.717, 1.165) is 24.2 Å². The van der Waals surface area contributed by atoms with Gasteiger partial charge in [-0.1, -0.05) is 0 Å². The second-order valence-corrected chi connectivity index (χ2v) is 5.12. The highest BCUT2D eigenvalue weighted by molar-refractivity contribution is 5.37. The van der Waals surface area contributed by atoms with Crippen molar-refractivity contribution in [3.8, 4) is 5.75 Å². The summed E-state index contributed by atoms with van der Waals surface area (Å²) in [5.41, 5.74) is 0.922. The molecule has 1 aromatic carbocycles. The largest absolute Gasteiger partial charge is 0.490 e. The molecule has 3 atom stereocenters. The second-order valence-electron chi connectivity index (χ2n) is 5.12. The quantitative estimate of drug-likeness (QED) is 0.874. The molecule has 2 heterocycles. The number of rotatable bonds is 2. The Morgan fingerprint density at radius 3 is 3.11 bits per heavy atom. The fraction of sp³-hybridized carbons (Fsp3) is 0.571. The fourth-order valence-corrected chi connectivity index (χ4v) is 2.77. The summed E-state index contributed by atoms with van der Waals surface area (Å²) in [6, 6.07) is 4.63. The Balaban J connectivity index is 1.63. The van der Waals surface area contributed by atoms with Gasteiger partial charge in [-0.15, -0.1) is 0 Å². The van der Waals surface area contributed by atoms with Gasteiger partial charge in [0.25, 0.3) is 0 Å². The molecule has 3 nitrogen and oxygen atoms in total. The van der Waals surface area contributed by atoms with Crippen molar-refractivity contribution in [3.05, 3.63) is 29.6 Å². The van der Waals surface area contributed by atoms with E-state index >= 15 is 0 Å². The van der Waals surface area contributed by atoms with Crippen LogP contribution in [0.5, 0.6) is 5.75 Å². The second kappa shape index (κ2) is 4.86. The van der Waals surface area contributed by atoms with Crippen LogP contribution in [0.3, 0.4) is 0 Å². The molecule has 3 unspecified atom stereocenters. The van der Waals surface area contributed by atoms with Crippen LogP contribution in [0.1, 0.15) is 18.4 Å². The summed E-state index contributed by atoms with van der Waals surface area (Å²) in [6.45, 7) is 1.22. The van der Waals surface area contributed by atoms with Gasteiger partial charge in [0.15, 0.2) is 0 Å². The van der Waals surface area contributed by atoms with Gasteiger partial charge in [-0.2, -0.15) is 0 Å². The molecule has 2 aliphatic rings. The van der Waals surface area contributed by atoms with Crippen molar-refractivity contribution in [3.63, 3.8) is 0 Å². The van der Waals surface area contributed by atoms with Crippen molar-refractivity contribution in [2.45, 2.75) is 31.5 Å². The first-order valence-corrected chi connectivity index (χ1v) is 6.43. The van der Waals surface area contributed by atoms with Crippen molar-refractivity contribution in [1.29, 1.82) is 0 Å². The summed E-state index contributed by atoms with van der Waals surface area (Å²) in [7, 11) is 0. The van der Waals surface area contributed by atoms with Crippen LogP contribution in [-0.4, -0.2) is 30.5 Å². The van der Waals surface area contributed by atoms with Crippen LogP contribution in [-0.2, 0) is 11.2 Å². The molecule has 1 saturated heterocycles. The number of benzene rings is 1. The predicted octanol–water partition coefficient (Wildman–Crippen LogP) is 1.92. The smallest absolute Gasteiger partial charge is 0.123 e. The van der Waals surface area contributed by atoms with Crippen LogP contribution in [0.2, 0.25) is 0 Å². The van der Waals surface area contributed by atoms with Gasteiger partial charge in [-0.25, -0.2) is 4.39 Å². The first-order valence-electron chi connectivity index (χ1n) is 6.43. The Hall–Kier alpha value is -1.13. The molecular weight excluding hydrogens is 235 g/mol. The molecule has 4 heteroatoms. The minimum atomic E-state index is -0.303. The van der Waals surface area contributed by atoms with Crippen LogP contribution in [0.4, 0.5) is 4.39 Å². The van der Waals surface area contributed by atoms with Gasteiger partial charge >= 0.3 is 0 Å². The molecule has 0 spiro atoms. The average Bonchev–Trinajstić information content (AvgIpc) is 2.73. The maximum absolute atomic E-state index is 13.1. The Bertz CT molecular complexity index is 435. The maximum Gasteiger partial charge on any atom is 0.123 e. The molecule has 1 fully saturated rings. The molecule has 2 aliphatic heterocycles. The number of aliphatic hydroxyl groups is 1. The van der Waals surface area contributed by atoms with Crippen LogP contribution < -0.4 is 4.74 Å². The van der Waals surface area contributed by atoms with E-state index in [0.29, 0.717) is 19.6 Å². The molecule has 1 N–H and O–H groups in total. The minimum Gasteiger partial charge on any atom is -0.490 e. The van der Waals surface area contributed by atoms with Gasteiger partial charge in [-0.05, 0) is 31.0 Å². The molecule has 3 rings (SSSR count). The van der Waals surface area contributed by atoms with Gasteiger partial charge in [0.05, 0.1) is 12.7 Å². The van der Waals surface area contributed by atoms with Crippen LogP contribution >= 0.6 is 0 Å². The summed E-state index contributed by atoms with van der Waals surface area (Å²) in [5, 5.41) is 9.89. The highest BCUT2D eigenvalue weighted by Crippen LogP contribution is 2.33. The van der Waals surface area contributed by atoms with E-state index in [2.05, 4.69) is 0 Å². The molecule has 98 valence electrons. The van der Waals surface area contributed by atoms with Crippen LogP contribution in [0.25, 0.3) is 0 Å². The predicted molar refractivity (Wildman–Crippen MR) is 64.1 cm³/mol. The number of halogens is 1. The van der Waals surface area contributed by atoms with E-state index in [1.54, 1.807) is 6.07 Å². The van der Waals surface area contributed by atoms with Gasteiger partial charge in [-0.3, -0.25) is 0 Å². The topological polar surface area (TPSA) is 38.7 Å². The number of hydrogen-bond acceptors (Lipinski definition) is 3. The lowest BCUT2D eigenvalue weighted by Gasteiger charge is -2.29. The molecule has 0 bridgehead atoms. The third-order valence-electron chi connectivity index (χ3n) is 3.76. The van der Waals surface area contributed by atoms with E-state index in [9.17, 15) is 9.50 Å². The van der Waals surface area contributed by atoms with Crippen molar-refractivity contribution in [1.82, 2.24) is 0 Å². The van der Waals surface area contributed by atoms with E-state index in [-0.39, 0.29) is 23.9 Å². The number of hydrogen-bond donors (Lipinski definition) is 1. The Morgan fingerprint density at radius 2 is 2.28 bits per heavy atom. The number of fused-ring (bicyclic) bond motifs is 1. The van der Waals surface area contributed by atoms with Gasteiger partial charge < -0.3 is 14.6 Å². The summed E-state index contributed by atoms with van der Waals surface area (Å²) in [5.74, 6) is 0.676. The molecule has 0 radical (unpaired) electrons. The summed E-state index contributed by atoms with van der Waals surface area (Å²) in [4.78, 5) is 0. The zero-order chi connectivity index (χ0) is 12.5. The SMILES string of the molecule is OC1CCOCC1CC1Cc2cc(F)ccc2O1. The standard InChI is InChI=1S/C14H17FO3/c15-11-1-2-14-9(5-11)6-12(18-14)7-10-8-17-4-3-13(10)16/h1-2,5,10,12-13,16H,3-4,6-8H2. The molecule has 18 heavy (non-hydrogen) atoms. The molecule has 0 saturated carbocycles. The molecule has 0 amide bonds. The summed E-state index contributed by atoms with van der Waals surface area (Å²) >= 11 is 0. The summed E-state index contributed by atoms with van der Waals surface area (Å²) < 4.78 is 24.3. The van der Waals surface area contributed by atoms with Crippen molar-refractivity contribution >= 4 is 0 Å². The van der Waals surface area contributed by atoms with E-state index in [1.807, 2.05) is 0 Å². The first kappa shape index (κ1) is 11.9. The van der Waals surface area contributed by atoms with E-state index in [1.165, 1.54) is 12.1 Å². The van der Waals surface area contributed by atoms with Crippen molar-refractivity contribution in [2.24, 2.45) is 5.92 Å². The Kier molecular flexibility index (Phi) is 3.22. The molecule has 0 aliphatic carbocycles. The Labute approximate surface area is 106 Å². The first-order chi connectivity index (χ1) is 8.72. The van der Waals surface area contributed by atoms with Crippen LogP contribution in [0, 0.1) is 11.7 Å². The minimum absolute atomic E-state index is 0.0307. The fourth-order valence-electron chi connectivity index (χ4n) is 2.77. The number of ether oxygens (including phenoxy) is 2. The third kappa shape index (κ3) is 2.35. The number of aliphatic hydroxyl groups excluding tert-OH is 1. The van der Waals surface area contributed by atoms with Crippen molar-refractivity contribution in [2.75, 3.05) is 13.2 Å². The monoisotopic (exact) mass is 252 g/mol. The lowest BCUT2D eigenvalue weighted by atomic mass is 9.91. The van der Waals surface area contributed by atoms with Gasteiger partial charge in [0, 0.05) is 24.5 Å². The molecular formula is C14H17FO3. The average molecular weight is 252 g/mol. The zero-order valence-corrected chi connectivity index (χ0v) is 10.1. The van der Waals surface area contributed by atoms with E-state index in [4.69, 9.17) is 9.47 Å². The third-order valence-corrected chi connectivity index (χ3v) is 3.76. The van der Waals surface area contributed by atoms with Crippen molar-refractivity contribution < 1.29 is 19.0 Å². The lowest BCUT2D eigenvalue weighted by molar-refractivity contribution is -0.0478. The zero-order valence-electron chi connectivity index (χ0n) is 10.1. The summed E-state index contributed by atoms with van der Waals surface area (Å²) in [6.07, 6.45) is 1.90.